The lowest BCUT2D eigenvalue weighted by Crippen LogP contribution is -2.30. The SMILES string of the molecule is CCCNS(=O)(=O)c1ccccc1N1CC2CNCC2C1. The molecule has 0 aromatic heterocycles. The molecule has 2 heterocycles. The van der Waals surface area contributed by atoms with Crippen molar-refractivity contribution in [2.24, 2.45) is 11.8 Å². The molecule has 1 aromatic carbocycles. The van der Waals surface area contributed by atoms with Gasteiger partial charge in [-0.05, 0) is 30.4 Å². The van der Waals surface area contributed by atoms with Gasteiger partial charge in [-0.15, -0.1) is 0 Å². The van der Waals surface area contributed by atoms with Gasteiger partial charge in [0, 0.05) is 32.7 Å². The van der Waals surface area contributed by atoms with E-state index in [1.807, 2.05) is 19.1 Å². The molecular formula is C15H23N3O2S. The van der Waals surface area contributed by atoms with Gasteiger partial charge in [-0.3, -0.25) is 0 Å². The maximum Gasteiger partial charge on any atom is 0.242 e. The number of para-hydroxylation sites is 1. The summed E-state index contributed by atoms with van der Waals surface area (Å²) in [4.78, 5) is 2.64. The van der Waals surface area contributed by atoms with Crippen molar-refractivity contribution in [1.82, 2.24) is 10.0 Å². The van der Waals surface area contributed by atoms with Gasteiger partial charge in [0.2, 0.25) is 10.0 Å². The zero-order valence-electron chi connectivity index (χ0n) is 12.4. The summed E-state index contributed by atoms with van der Waals surface area (Å²) in [5, 5.41) is 3.41. The van der Waals surface area contributed by atoms with Gasteiger partial charge in [-0.25, -0.2) is 13.1 Å². The predicted molar refractivity (Wildman–Crippen MR) is 84.0 cm³/mol. The van der Waals surface area contributed by atoms with Crippen LogP contribution in [-0.4, -0.2) is 41.1 Å². The molecule has 6 heteroatoms. The Hall–Kier alpha value is -1.11. The summed E-state index contributed by atoms with van der Waals surface area (Å²) in [5.41, 5.74) is 0.843. The highest BCUT2D eigenvalue weighted by atomic mass is 32.2. The number of sulfonamides is 1. The first kappa shape index (κ1) is 14.8. The third-order valence-corrected chi connectivity index (χ3v) is 5.94. The van der Waals surface area contributed by atoms with E-state index in [2.05, 4.69) is 14.9 Å². The second-order valence-electron chi connectivity index (χ2n) is 5.95. The highest BCUT2D eigenvalue weighted by Crippen LogP contribution is 2.33. The fourth-order valence-corrected chi connectivity index (χ4v) is 4.67. The highest BCUT2D eigenvalue weighted by Gasteiger charge is 2.37. The van der Waals surface area contributed by atoms with Crippen molar-refractivity contribution in [3.05, 3.63) is 24.3 Å². The summed E-state index contributed by atoms with van der Waals surface area (Å²) in [6.07, 6.45) is 0.793. The number of nitrogens with zero attached hydrogens (tertiary/aromatic N) is 1. The van der Waals surface area contributed by atoms with Gasteiger partial charge in [0.05, 0.1) is 5.69 Å². The van der Waals surface area contributed by atoms with Crippen molar-refractivity contribution in [3.63, 3.8) is 0 Å². The van der Waals surface area contributed by atoms with Crippen LogP contribution in [0.3, 0.4) is 0 Å². The predicted octanol–water partition coefficient (Wildman–Crippen LogP) is 1.03. The van der Waals surface area contributed by atoms with E-state index in [0.717, 1.165) is 38.3 Å². The van der Waals surface area contributed by atoms with E-state index in [1.54, 1.807) is 12.1 Å². The molecule has 0 radical (unpaired) electrons. The molecule has 2 unspecified atom stereocenters. The maximum absolute atomic E-state index is 12.5. The summed E-state index contributed by atoms with van der Waals surface area (Å²) < 4.78 is 27.6. The van der Waals surface area contributed by atoms with E-state index in [1.165, 1.54) is 0 Å². The summed E-state index contributed by atoms with van der Waals surface area (Å²) in [5.74, 6) is 1.29. The van der Waals surface area contributed by atoms with Gasteiger partial charge in [0.1, 0.15) is 4.90 Å². The van der Waals surface area contributed by atoms with Crippen LogP contribution >= 0.6 is 0 Å². The normalized spacial score (nSPS) is 25.3. The standard InChI is InChI=1S/C15H23N3O2S/c1-2-7-17-21(19,20)15-6-4-3-5-14(15)18-10-12-8-16-9-13(12)11-18/h3-6,12-13,16-17H,2,7-11H2,1H3. The third-order valence-electron chi connectivity index (χ3n) is 4.43. The van der Waals surface area contributed by atoms with Crippen LogP contribution in [0.2, 0.25) is 0 Å². The van der Waals surface area contributed by atoms with E-state index in [4.69, 9.17) is 0 Å². The van der Waals surface area contributed by atoms with Crippen molar-refractivity contribution in [3.8, 4) is 0 Å². The van der Waals surface area contributed by atoms with Crippen LogP contribution in [0.15, 0.2) is 29.2 Å². The van der Waals surface area contributed by atoms with E-state index >= 15 is 0 Å². The fraction of sp³-hybridized carbons (Fsp3) is 0.600. The van der Waals surface area contributed by atoms with Crippen LogP contribution in [-0.2, 0) is 10.0 Å². The first-order valence-corrected chi connectivity index (χ1v) is 9.14. The molecule has 0 spiro atoms. The fourth-order valence-electron chi connectivity index (χ4n) is 3.31. The molecule has 3 rings (SSSR count). The van der Waals surface area contributed by atoms with E-state index in [-0.39, 0.29) is 0 Å². The summed E-state index contributed by atoms with van der Waals surface area (Å²) >= 11 is 0. The second kappa shape index (κ2) is 5.94. The number of hydrogen-bond donors (Lipinski definition) is 2. The largest absolute Gasteiger partial charge is 0.370 e. The van der Waals surface area contributed by atoms with Gasteiger partial charge < -0.3 is 10.2 Å². The minimum absolute atomic E-state index is 0.409. The molecule has 2 atom stereocenters. The Bertz CT molecular complexity index is 591. The average Bonchev–Trinajstić information content (AvgIpc) is 3.06. The second-order valence-corrected chi connectivity index (χ2v) is 7.68. The third kappa shape index (κ3) is 2.93. The van der Waals surface area contributed by atoms with E-state index in [0.29, 0.717) is 23.3 Å². The molecular weight excluding hydrogens is 286 g/mol. The van der Waals surface area contributed by atoms with E-state index < -0.39 is 10.0 Å². The van der Waals surface area contributed by atoms with Crippen LogP contribution in [0.5, 0.6) is 0 Å². The molecule has 21 heavy (non-hydrogen) atoms. The molecule has 5 nitrogen and oxygen atoms in total. The number of fused-ring (bicyclic) bond motifs is 1. The van der Waals surface area contributed by atoms with Crippen LogP contribution in [0, 0.1) is 11.8 Å². The Morgan fingerprint density at radius 1 is 1.24 bits per heavy atom. The molecule has 0 aliphatic carbocycles. The van der Waals surface area contributed by atoms with Crippen molar-refractivity contribution in [1.29, 1.82) is 0 Å². The Morgan fingerprint density at radius 3 is 2.57 bits per heavy atom. The lowest BCUT2D eigenvalue weighted by atomic mass is 10.0. The average molecular weight is 309 g/mol. The Morgan fingerprint density at radius 2 is 1.90 bits per heavy atom. The Kier molecular flexibility index (Phi) is 4.19. The number of rotatable bonds is 5. The maximum atomic E-state index is 12.5. The molecule has 1 aromatic rings. The molecule has 116 valence electrons. The summed E-state index contributed by atoms with van der Waals surface area (Å²) in [7, 11) is -3.42. The first-order valence-electron chi connectivity index (χ1n) is 7.66. The first-order chi connectivity index (χ1) is 10.1. The van der Waals surface area contributed by atoms with Crippen LogP contribution in [0.1, 0.15) is 13.3 Å². The van der Waals surface area contributed by atoms with Crippen LogP contribution < -0.4 is 14.9 Å². The highest BCUT2D eigenvalue weighted by molar-refractivity contribution is 7.89. The van der Waals surface area contributed by atoms with Crippen LogP contribution in [0.4, 0.5) is 5.69 Å². The number of nitrogens with one attached hydrogen (secondary N) is 2. The van der Waals surface area contributed by atoms with Crippen molar-refractivity contribution in [2.75, 3.05) is 37.6 Å². The number of hydrogen-bond acceptors (Lipinski definition) is 4. The minimum Gasteiger partial charge on any atom is -0.370 e. The van der Waals surface area contributed by atoms with E-state index in [9.17, 15) is 8.42 Å². The van der Waals surface area contributed by atoms with Crippen molar-refractivity contribution in [2.45, 2.75) is 18.2 Å². The van der Waals surface area contributed by atoms with Gasteiger partial charge in [-0.1, -0.05) is 19.1 Å². The molecule has 0 amide bonds. The summed E-state index contributed by atoms with van der Waals surface area (Å²) in [6.45, 7) is 6.42. The lowest BCUT2D eigenvalue weighted by molar-refractivity contribution is 0.533. The van der Waals surface area contributed by atoms with Crippen molar-refractivity contribution < 1.29 is 8.42 Å². The molecule has 0 bridgehead atoms. The zero-order chi connectivity index (χ0) is 14.9. The molecule has 2 N–H and O–H groups in total. The van der Waals surface area contributed by atoms with Gasteiger partial charge in [0.15, 0.2) is 0 Å². The topological polar surface area (TPSA) is 61.4 Å². The molecule has 2 aliphatic heterocycles. The molecule has 2 saturated heterocycles. The monoisotopic (exact) mass is 309 g/mol. The molecule has 2 fully saturated rings. The number of anilines is 1. The van der Waals surface area contributed by atoms with Crippen molar-refractivity contribution >= 4 is 15.7 Å². The number of benzene rings is 1. The smallest absolute Gasteiger partial charge is 0.242 e. The Balaban J connectivity index is 1.86. The van der Waals surface area contributed by atoms with Gasteiger partial charge >= 0.3 is 0 Å². The van der Waals surface area contributed by atoms with Crippen LogP contribution in [0.25, 0.3) is 0 Å². The van der Waals surface area contributed by atoms with Gasteiger partial charge in [-0.2, -0.15) is 0 Å². The minimum atomic E-state index is -3.42. The molecule has 2 aliphatic rings. The van der Waals surface area contributed by atoms with Gasteiger partial charge in [0.25, 0.3) is 0 Å². The lowest BCUT2D eigenvalue weighted by Gasteiger charge is -2.23. The molecule has 0 saturated carbocycles. The summed E-state index contributed by atoms with van der Waals surface area (Å²) in [6, 6.07) is 7.34. The zero-order valence-corrected chi connectivity index (χ0v) is 13.2. The Labute approximate surface area is 126 Å². The quantitative estimate of drug-likeness (QED) is 0.853.